The summed E-state index contributed by atoms with van der Waals surface area (Å²) in [6.07, 6.45) is 0.706. The fourth-order valence-electron chi connectivity index (χ4n) is 1.74. The molecule has 0 amide bonds. The first-order valence-corrected chi connectivity index (χ1v) is 6.29. The van der Waals surface area contributed by atoms with Gasteiger partial charge in [-0.05, 0) is 31.5 Å². The van der Waals surface area contributed by atoms with E-state index >= 15 is 0 Å². The maximum Gasteiger partial charge on any atom is 0.141 e. The van der Waals surface area contributed by atoms with E-state index in [0.29, 0.717) is 6.61 Å². The van der Waals surface area contributed by atoms with Gasteiger partial charge in [-0.3, -0.25) is 0 Å². The molecule has 0 aliphatic carbocycles. The number of hydrogen-bond acceptors (Lipinski definition) is 4. The maximum atomic E-state index is 8.65. The first-order valence-electron chi connectivity index (χ1n) is 6.29. The predicted octanol–water partition coefficient (Wildman–Crippen LogP) is 2.41. The third-order valence-electron chi connectivity index (χ3n) is 2.64. The van der Waals surface area contributed by atoms with Crippen LogP contribution < -0.4 is 10.6 Å². The molecule has 4 nitrogen and oxygen atoms in total. The SMILES string of the molecule is CCCN(CCOC(C)C#N)c1cccc(N)c1. The molecule has 18 heavy (non-hydrogen) atoms. The number of nitrogen functional groups attached to an aromatic ring is 1. The van der Waals surface area contributed by atoms with Crippen molar-refractivity contribution in [2.75, 3.05) is 30.3 Å². The molecule has 1 rings (SSSR count). The number of benzene rings is 1. The van der Waals surface area contributed by atoms with E-state index in [0.717, 1.165) is 30.9 Å². The molecule has 4 heteroatoms. The zero-order valence-electron chi connectivity index (χ0n) is 11.1. The summed E-state index contributed by atoms with van der Waals surface area (Å²) in [6, 6.07) is 9.89. The van der Waals surface area contributed by atoms with Gasteiger partial charge >= 0.3 is 0 Å². The molecular weight excluding hydrogens is 226 g/mol. The lowest BCUT2D eigenvalue weighted by Crippen LogP contribution is -2.29. The molecule has 1 unspecified atom stereocenters. The second-order valence-corrected chi connectivity index (χ2v) is 4.22. The quantitative estimate of drug-likeness (QED) is 0.752. The highest BCUT2D eigenvalue weighted by atomic mass is 16.5. The van der Waals surface area contributed by atoms with Crippen molar-refractivity contribution in [1.29, 1.82) is 5.26 Å². The number of nitrogens with zero attached hydrogens (tertiary/aromatic N) is 2. The topological polar surface area (TPSA) is 62.3 Å². The van der Waals surface area contributed by atoms with E-state index in [1.165, 1.54) is 0 Å². The van der Waals surface area contributed by atoms with Crippen LogP contribution in [0, 0.1) is 11.3 Å². The minimum atomic E-state index is -0.352. The number of ether oxygens (including phenoxy) is 1. The smallest absolute Gasteiger partial charge is 0.141 e. The van der Waals surface area contributed by atoms with E-state index in [1.807, 2.05) is 24.3 Å². The normalized spacial score (nSPS) is 11.8. The third kappa shape index (κ3) is 4.64. The van der Waals surface area contributed by atoms with Crippen molar-refractivity contribution < 1.29 is 4.74 Å². The van der Waals surface area contributed by atoms with Gasteiger partial charge in [0.15, 0.2) is 0 Å². The first-order chi connectivity index (χ1) is 8.67. The van der Waals surface area contributed by atoms with Crippen LogP contribution in [0.25, 0.3) is 0 Å². The number of nitrogens with two attached hydrogens (primary N) is 1. The Morgan fingerprint density at radius 2 is 2.22 bits per heavy atom. The summed E-state index contributed by atoms with van der Waals surface area (Å²) in [5, 5.41) is 8.65. The molecule has 2 N–H and O–H groups in total. The Labute approximate surface area is 109 Å². The van der Waals surface area contributed by atoms with Gasteiger partial charge in [-0.2, -0.15) is 5.26 Å². The average Bonchev–Trinajstić information content (AvgIpc) is 2.37. The van der Waals surface area contributed by atoms with Gasteiger partial charge in [0.1, 0.15) is 6.10 Å². The van der Waals surface area contributed by atoms with Gasteiger partial charge in [-0.15, -0.1) is 0 Å². The van der Waals surface area contributed by atoms with Crippen LogP contribution >= 0.6 is 0 Å². The Bertz CT molecular complexity index is 400. The third-order valence-corrected chi connectivity index (χ3v) is 2.64. The number of anilines is 2. The molecule has 0 aromatic heterocycles. The van der Waals surface area contributed by atoms with Crippen LogP contribution in [-0.2, 0) is 4.74 Å². The van der Waals surface area contributed by atoms with Gasteiger partial charge in [0.25, 0.3) is 0 Å². The number of nitriles is 1. The summed E-state index contributed by atoms with van der Waals surface area (Å²) in [7, 11) is 0. The molecule has 0 saturated heterocycles. The highest BCUT2D eigenvalue weighted by Crippen LogP contribution is 2.17. The molecule has 0 aliphatic heterocycles. The molecule has 1 aromatic rings. The maximum absolute atomic E-state index is 8.65. The zero-order valence-corrected chi connectivity index (χ0v) is 11.1. The van der Waals surface area contributed by atoms with Crippen LogP contribution in [0.2, 0.25) is 0 Å². The molecule has 0 heterocycles. The van der Waals surface area contributed by atoms with Crippen LogP contribution in [0.1, 0.15) is 20.3 Å². The van der Waals surface area contributed by atoms with Crippen molar-refractivity contribution in [1.82, 2.24) is 0 Å². The van der Waals surface area contributed by atoms with Crippen molar-refractivity contribution in [3.8, 4) is 6.07 Å². The Hall–Kier alpha value is -1.73. The minimum absolute atomic E-state index is 0.352. The van der Waals surface area contributed by atoms with Gasteiger partial charge in [0.2, 0.25) is 0 Å². The van der Waals surface area contributed by atoms with Crippen LogP contribution in [0.4, 0.5) is 11.4 Å². The summed E-state index contributed by atoms with van der Waals surface area (Å²) in [6.45, 7) is 6.16. The minimum Gasteiger partial charge on any atom is -0.399 e. The van der Waals surface area contributed by atoms with E-state index in [2.05, 4.69) is 17.9 Å². The van der Waals surface area contributed by atoms with E-state index in [1.54, 1.807) is 6.92 Å². The molecule has 0 saturated carbocycles. The molecule has 98 valence electrons. The van der Waals surface area contributed by atoms with Crippen LogP contribution in [-0.4, -0.2) is 25.8 Å². The van der Waals surface area contributed by atoms with Gasteiger partial charge in [-0.25, -0.2) is 0 Å². The lowest BCUT2D eigenvalue weighted by atomic mass is 10.2. The fraction of sp³-hybridized carbons (Fsp3) is 0.500. The van der Waals surface area contributed by atoms with Crippen molar-refractivity contribution in [3.63, 3.8) is 0 Å². The highest BCUT2D eigenvalue weighted by molar-refractivity contribution is 5.55. The monoisotopic (exact) mass is 247 g/mol. The van der Waals surface area contributed by atoms with Gasteiger partial charge in [-0.1, -0.05) is 13.0 Å². The van der Waals surface area contributed by atoms with Gasteiger partial charge in [0, 0.05) is 24.5 Å². The Balaban J connectivity index is 2.57. The average molecular weight is 247 g/mol. The molecule has 0 radical (unpaired) electrons. The summed E-state index contributed by atoms with van der Waals surface area (Å²) in [5.74, 6) is 0. The molecule has 0 bridgehead atoms. The second kappa shape index (κ2) is 7.57. The van der Waals surface area contributed by atoms with Crippen molar-refractivity contribution >= 4 is 11.4 Å². The van der Waals surface area contributed by atoms with E-state index in [4.69, 9.17) is 15.7 Å². The molecule has 0 fully saturated rings. The molecule has 0 aliphatic rings. The van der Waals surface area contributed by atoms with Crippen molar-refractivity contribution in [3.05, 3.63) is 24.3 Å². The first kappa shape index (κ1) is 14.3. The predicted molar refractivity (Wildman–Crippen MR) is 74.4 cm³/mol. The van der Waals surface area contributed by atoms with Crippen LogP contribution in [0.3, 0.4) is 0 Å². The number of rotatable bonds is 7. The molecule has 0 spiro atoms. The molecule has 1 atom stereocenters. The Morgan fingerprint density at radius 3 is 2.83 bits per heavy atom. The highest BCUT2D eigenvalue weighted by Gasteiger charge is 2.07. The van der Waals surface area contributed by atoms with Crippen LogP contribution in [0.5, 0.6) is 0 Å². The summed E-state index contributed by atoms with van der Waals surface area (Å²) in [4.78, 5) is 2.22. The standard InChI is InChI=1S/C14H21N3O/c1-3-7-17(8-9-18-12(2)11-15)14-6-4-5-13(16)10-14/h4-6,10,12H,3,7-9,16H2,1-2H3. The Morgan fingerprint density at radius 1 is 1.44 bits per heavy atom. The van der Waals surface area contributed by atoms with Crippen molar-refractivity contribution in [2.24, 2.45) is 0 Å². The Kier molecular flexibility index (Phi) is 6.03. The van der Waals surface area contributed by atoms with Crippen LogP contribution in [0.15, 0.2) is 24.3 Å². The summed E-state index contributed by atoms with van der Waals surface area (Å²) in [5.41, 5.74) is 7.66. The lowest BCUT2D eigenvalue weighted by molar-refractivity contribution is 0.108. The number of hydrogen-bond donors (Lipinski definition) is 1. The van der Waals surface area contributed by atoms with E-state index in [9.17, 15) is 0 Å². The van der Waals surface area contributed by atoms with E-state index in [-0.39, 0.29) is 6.10 Å². The van der Waals surface area contributed by atoms with Crippen molar-refractivity contribution in [2.45, 2.75) is 26.4 Å². The largest absolute Gasteiger partial charge is 0.399 e. The zero-order chi connectivity index (χ0) is 13.4. The second-order valence-electron chi connectivity index (χ2n) is 4.22. The fourth-order valence-corrected chi connectivity index (χ4v) is 1.74. The van der Waals surface area contributed by atoms with Gasteiger partial charge < -0.3 is 15.4 Å². The lowest BCUT2D eigenvalue weighted by Gasteiger charge is -2.24. The van der Waals surface area contributed by atoms with Gasteiger partial charge in [0.05, 0.1) is 12.7 Å². The molecule has 1 aromatic carbocycles. The molecular formula is C14H21N3O. The summed E-state index contributed by atoms with van der Waals surface area (Å²) >= 11 is 0. The summed E-state index contributed by atoms with van der Waals surface area (Å²) < 4.78 is 5.39. The van der Waals surface area contributed by atoms with E-state index < -0.39 is 0 Å².